The third-order valence-electron chi connectivity index (χ3n) is 3.12. The molecule has 0 saturated heterocycles. The maximum Gasteiger partial charge on any atom is 0.291 e. The molecule has 0 aromatic rings. The zero-order valence-electron chi connectivity index (χ0n) is 8.36. The predicted octanol–water partition coefficient (Wildman–Crippen LogP) is 1.68. The quantitative estimate of drug-likeness (QED) is 0.291. The third kappa shape index (κ3) is 2.63. The first kappa shape index (κ1) is 10.8. The molecule has 2 aliphatic carbocycles. The molecule has 5 nitrogen and oxygen atoms in total. The van der Waals surface area contributed by atoms with Crippen molar-refractivity contribution in [2.75, 3.05) is 0 Å². The minimum Gasteiger partial charge on any atom is -0.378 e. The average molecular weight is 229 g/mol. The van der Waals surface area contributed by atoms with Crippen molar-refractivity contribution in [3.63, 3.8) is 0 Å². The van der Waals surface area contributed by atoms with Crippen LogP contribution in [0.5, 0.6) is 0 Å². The molecule has 0 amide bonds. The second-order valence-electron chi connectivity index (χ2n) is 4.15. The highest BCUT2D eigenvalue weighted by atomic mass is 32.2. The summed E-state index contributed by atoms with van der Waals surface area (Å²) in [7, 11) is 0. The van der Waals surface area contributed by atoms with Crippen LogP contribution in [0.15, 0.2) is 0 Å². The molecule has 84 valence electrons. The number of nitrogens with two attached hydrogens (primary N) is 1. The zero-order valence-corrected chi connectivity index (χ0v) is 9.18. The molecule has 2 aliphatic rings. The lowest BCUT2D eigenvalue weighted by molar-refractivity contribution is -0.267. The van der Waals surface area contributed by atoms with Gasteiger partial charge in [-0.15, -0.1) is 0 Å². The Labute approximate surface area is 92.6 Å². The van der Waals surface area contributed by atoms with Gasteiger partial charge in [0, 0.05) is 11.8 Å². The average Bonchev–Trinajstić information content (AvgIpc) is 2.74. The molecule has 15 heavy (non-hydrogen) atoms. The molecule has 0 radical (unpaired) electrons. The lowest BCUT2D eigenvalue weighted by Crippen LogP contribution is -2.22. The molecule has 2 bridgehead atoms. The van der Waals surface area contributed by atoms with Crippen LogP contribution in [-0.4, -0.2) is 16.5 Å². The minimum absolute atomic E-state index is 0.136. The molecule has 2 fully saturated rings. The predicted molar refractivity (Wildman–Crippen MR) is 58.6 cm³/mol. The number of nitrogens with one attached hydrogen (secondary N) is 2. The second-order valence-corrected chi connectivity index (χ2v) is 5.16. The van der Waals surface area contributed by atoms with Gasteiger partial charge < -0.3 is 10.6 Å². The van der Waals surface area contributed by atoms with Crippen LogP contribution in [-0.2, 0) is 9.78 Å². The van der Waals surface area contributed by atoms with Crippen LogP contribution in [0, 0.1) is 22.7 Å². The lowest BCUT2D eigenvalue weighted by atomic mass is 9.98. The van der Waals surface area contributed by atoms with Crippen LogP contribution < -0.4 is 5.73 Å². The summed E-state index contributed by atoms with van der Waals surface area (Å²) >= 11 is 0.755. The van der Waals surface area contributed by atoms with Crippen molar-refractivity contribution in [2.45, 2.75) is 31.8 Å². The van der Waals surface area contributed by atoms with Crippen molar-refractivity contribution >= 4 is 22.2 Å². The summed E-state index contributed by atoms with van der Waals surface area (Å²) in [6.07, 6.45) is 4.94. The summed E-state index contributed by atoms with van der Waals surface area (Å²) in [4.78, 5) is 10.0. The van der Waals surface area contributed by atoms with Crippen LogP contribution in [0.3, 0.4) is 0 Å². The summed E-state index contributed by atoms with van der Waals surface area (Å²) in [6.45, 7) is 0. The topological polar surface area (TPSA) is 92.2 Å². The first-order chi connectivity index (χ1) is 7.15. The Hall–Kier alpha value is -0.750. The van der Waals surface area contributed by atoms with Crippen LogP contribution in [0.4, 0.5) is 0 Å². The van der Waals surface area contributed by atoms with E-state index in [-0.39, 0.29) is 16.5 Å². The molecule has 0 aromatic heterocycles. The molecule has 2 rings (SSSR count). The summed E-state index contributed by atoms with van der Waals surface area (Å²) in [5.74, 6) is 1.39. The molecule has 0 spiro atoms. The molecule has 4 N–H and O–H groups in total. The highest BCUT2D eigenvalue weighted by Crippen LogP contribution is 2.45. The molecular weight excluding hydrogens is 214 g/mol. The molecule has 0 heterocycles. The van der Waals surface area contributed by atoms with Crippen LogP contribution in [0.2, 0.25) is 0 Å². The number of thioether (sulfide) groups is 1. The first-order valence-electron chi connectivity index (χ1n) is 5.09. The number of fused-ring (bicyclic) bond motifs is 2. The van der Waals surface area contributed by atoms with Gasteiger partial charge in [-0.1, -0.05) is 0 Å². The van der Waals surface area contributed by atoms with Crippen LogP contribution >= 0.6 is 11.8 Å². The van der Waals surface area contributed by atoms with Gasteiger partial charge in [0.1, 0.15) is 6.10 Å². The maximum atomic E-state index is 7.31. The first-order valence-corrected chi connectivity index (χ1v) is 5.90. The Morgan fingerprint density at radius 1 is 1.27 bits per heavy atom. The molecule has 3 unspecified atom stereocenters. The van der Waals surface area contributed by atoms with E-state index < -0.39 is 0 Å². The standard InChI is InChI=1S/C9H15N3O2S/c10-8(11)15-9(12)14-13-7-4-5-1-2-6(7)3-5/h5-7,12H,1-4H2,(H3,10,11). The number of amidine groups is 1. The van der Waals surface area contributed by atoms with Gasteiger partial charge >= 0.3 is 0 Å². The molecule has 2 saturated carbocycles. The number of rotatable bonds is 2. The Balaban J connectivity index is 1.70. The van der Waals surface area contributed by atoms with Crippen LogP contribution in [0.25, 0.3) is 0 Å². The largest absolute Gasteiger partial charge is 0.378 e. The van der Waals surface area contributed by atoms with E-state index in [2.05, 4.69) is 0 Å². The van der Waals surface area contributed by atoms with Crippen LogP contribution in [0.1, 0.15) is 25.7 Å². The Bertz CT molecular complexity index is 285. The highest BCUT2D eigenvalue weighted by molar-refractivity contribution is 8.25. The van der Waals surface area contributed by atoms with Gasteiger partial charge in [-0.25, -0.2) is 0 Å². The van der Waals surface area contributed by atoms with E-state index in [0.717, 1.165) is 24.1 Å². The zero-order chi connectivity index (χ0) is 10.8. The minimum atomic E-state index is -0.162. The second kappa shape index (κ2) is 4.40. The van der Waals surface area contributed by atoms with Crippen molar-refractivity contribution in [3.05, 3.63) is 0 Å². The molecule has 3 atom stereocenters. The van der Waals surface area contributed by atoms with Gasteiger partial charge in [-0.05, 0) is 37.5 Å². The normalized spacial score (nSPS) is 32.9. The van der Waals surface area contributed by atoms with E-state index in [4.69, 9.17) is 26.3 Å². The Morgan fingerprint density at radius 3 is 2.60 bits per heavy atom. The van der Waals surface area contributed by atoms with Gasteiger partial charge in [-0.3, -0.25) is 10.8 Å². The van der Waals surface area contributed by atoms with Gasteiger partial charge in [-0.2, -0.15) is 4.89 Å². The molecule has 6 heteroatoms. The number of hydrogen-bond donors (Lipinski definition) is 3. The van der Waals surface area contributed by atoms with E-state index in [9.17, 15) is 0 Å². The van der Waals surface area contributed by atoms with Gasteiger partial charge in [0.2, 0.25) is 0 Å². The fraction of sp³-hybridized carbons (Fsp3) is 0.778. The monoisotopic (exact) mass is 229 g/mol. The maximum absolute atomic E-state index is 7.31. The van der Waals surface area contributed by atoms with Crippen molar-refractivity contribution in [2.24, 2.45) is 17.6 Å². The van der Waals surface area contributed by atoms with Gasteiger partial charge in [0.25, 0.3) is 5.23 Å². The van der Waals surface area contributed by atoms with E-state index in [1.54, 1.807) is 0 Å². The van der Waals surface area contributed by atoms with Gasteiger partial charge in [0.15, 0.2) is 5.17 Å². The summed E-state index contributed by atoms with van der Waals surface area (Å²) in [5, 5.41) is 14.0. The molecular formula is C9H15N3O2S. The lowest BCUT2D eigenvalue weighted by Gasteiger charge is -2.20. The van der Waals surface area contributed by atoms with Crippen molar-refractivity contribution < 1.29 is 9.78 Å². The van der Waals surface area contributed by atoms with E-state index in [1.807, 2.05) is 0 Å². The summed E-state index contributed by atoms with van der Waals surface area (Å²) in [5.41, 5.74) is 5.11. The fourth-order valence-corrected chi connectivity index (χ4v) is 2.80. The molecule has 0 aliphatic heterocycles. The molecule has 0 aromatic carbocycles. The number of hydrogen-bond acceptors (Lipinski definition) is 5. The fourth-order valence-electron chi connectivity index (χ4n) is 2.53. The Morgan fingerprint density at radius 2 is 2.07 bits per heavy atom. The van der Waals surface area contributed by atoms with Crippen molar-refractivity contribution in [3.8, 4) is 0 Å². The van der Waals surface area contributed by atoms with E-state index in [0.29, 0.717) is 5.92 Å². The van der Waals surface area contributed by atoms with Crippen molar-refractivity contribution in [1.29, 1.82) is 10.8 Å². The smallest absolute Gasteiger partial charge is 0.291 e. The Kier molecular flexibility index (Phi) is 3.16. The van der Waals surface area contributed by atoms with Gasteiger partial charge in [0.05, 0.1) is 0 Å². The SMILES string of the molecule is N=C(N)SC(=N)OOC1CC2CCC1C2. The summed E-state index contributed by atoms with van der Waals surface area (Å²) < 4.78 is 0. The third-order valence-corrected chi connectivity index (χ3v) is 3.60. The van der Waals surface area contributed by atoms with Crippen molar-refractivity contribution in [1.82, 2.24) is 0 Å². The van der Waals surface area contributed by atoms with E-state index >= 15 is 0 Å². The summed E-state index contributed by atoms with van der Waals surface area (Å²) in [6, 6.07) is 0. The van der Waals surface area contributed by atoms with E-state index in [1.165, 1.54) is 19.3 Å². The highest BCUT2D eigenvalue weighted by Gasteiger charge is 2.41.